The minimum atomic E-state index is -0.0308. The Hall–Kier alpha value is -0.940. The zero-order valence-electron chi connectivity index (χ0n) is 7.36. The highest BCUT2D eigenvalue weighted by atomic mass is 32.1. The maximum Gasteiger partial charge on any atom is 0.230 e. The lowest BCUT2D eigenvalue weighted by atomic mass is 10.3. The minimum absolute atomic E-state index is 0.0308. The summed E-state index contributed by atoms with van der Waals surface area (Å²) in [5, 5.41) is 0.774. The highest BCUT2D eigenvalue weighted by Crippen LogP contribution is 2.25. The molecular weight excluding hydrogens is 186 g/mol. The molecule has 1 unspecified atom stereocenters. The van der Waals surface area contributed by atoms with Crippen molar-refractivity contribution in [1.82, 2.24) is 4.98 Å². The van der Waals surface area contributed by atoms with Crippen LogP contribution in [0.25, 0.3) is 0 Å². The van der Waals surface area contributed by atoms with E-state index in [9.17, 15) is 4.79 Å². The van der Waals surface area contributed by atoms with Gasteiger partial charge in [-0.3, -0.25) is 9.69 Å². The van der Waals surface area contributed by atoms with E-state index in [1.807, 2.05) is 6.92 Å². The normalized spacial score (nSPS) is 22.8. The predicted octanol–water partition coefficient (Wildman–Crippen LogP) is 0.516. The predicted molar refractivity (Wildman–Crippen MR) is 51.8 cm³/mol. The second-order valence-corrected chi connectivity index (χ2v) is 4.44. The molecule has 1 aliphatic rings. The highest BCUT2D eigenvalue weighted by Gasteiger charge is 2.29. The molecule has 2 N–H and O–H groups in total. The van der Waals surface area contributed by atoms with Crippen LogP contribution in [0.5, 0.6) is 0 Å². The van der Waals surface area contributed by atoms with E-state index >= 15 is 0 Å². The largest absolute Gasteiger partial charge is 0.326 e. The lowest BCUT2D eigenvalue weighted by molar-refractivity contribution is -0.117. The number of nitrogens with zero attached hydrogens (tertiary/aromatic N) is 2. The number of hydrogen-bond donors (Lipinski definition) is 1. The van der Waals surface area contributed by atoms with Crippen molar-refractivity contribution in [3.05, 3.63) is 11.1 Å². The van der Waals surface area contributed by atoms with E-state index in [2.05, 4.69) is 4.98 Å². The first-order chi connectivity index (χ1) is 6.16. The van der Waals surface area contributed by atoms with E-state index in [0.29, 0.717) is 13.0 Å². The number of anilines is 1. The molecule has 0 bridgehead atoms. The van der Waals surface area contributed by atoms with E-state index in [-0.39, 0.29) is 11.9 Å². The van der Waals surface area contributed by atoms with Crippen LogP contribution in [0.4, 0.5) is 5.13 Å². The molecule has 5 heteroatoms. The molecule has 0 spiro atoms. The van der Waals surface area contributed by atoms with Crippen LogP contribution in [-0.2, 0) is 4.79 Å². The van der Waals surface area contributed by atoms with Crippen molar-refractivity contribution in [2.45, 2.75) is 19.4 Å². The summed E-state index contributed by atoms with van der Waals surface area (Å²) in [6.45, 7) is 2.58. The molecule has 0 aromatic carbocycles. The van der Waals surface area contributed by atoms with Crippen molar-refractivity contribution in [3.63, 3.8) is 0 Å². The number of carbonyl (C=O) groups excluding carboxylic acids is 1. The van der Waals surface area contributed by atoms with Crippen LogP contribution in [0.1, 0.15) is 11.3 Å². The summed E-state index contributed by atoms with van der Waals surface area (Å²) >= 11 is 1.53. The van der Waals surface area contributed by atoms with Crippen LogP contribution in [0, 0.1) is 6.92 Å². The van der Waals surface area contributed by atoms with Gasteiger partial charge in [0.15, 0.2) is 5.13 Å². The molecule has 0 radical (unpaired) electrons. The van der Waals surface area contributed by atoms with Crippen molar-refractivity contribution in [2.75, 3.05) is 11.4 Å². The first-order valence-electron chi connectivity index (χ1n) is 4.15. The fourth-order valence-corrected chi connectivity index (χ4v) is 2.17. The zero-order valence-corrected chi connectivity index (χ0v) is 8.17. The van der Waals surface area contributed by atoms with Gasteiger partial charge in [0.1, 0.15) is 0 Å². The van der Waals surface area contributed by atoms with E-state index in [0.717, 1.165) is 10.0 Å². The molecule has 0 aliphatic carbocycles. The standard InChI is InChI=1S/C8H11N3OS/c1-5-3-10-8(13-5)11-4-6(9)2-7(11)12/h3,6H,2,4,9H2,1H3. The van der Waals surface area contributed by atoms with Crippen LogP contribution in [-0.4, -0.2) is 23.5 Å². The molecule has 2 heterocycles. The minimum Gasteiger partial charge on any atom is -0.326 e. The van der Waals surface area contributed by atoms with Crippen molar-refractivity contribution in [2.24, 2.45) is 5.73 Å². The molecule has 1 aliphatic heterocycles. The molecule has 70 valence electrons. The molecule has 4 nitrogen and oxygen atoms in total. The van der Waals surface area contributed by atoms with E-state index in [1.54, 1.807) is 11.1 Å². The van der Waals surface area contributed by atoms with Gasteiger partial charge < -0.3 is 5.73 Å². The number of nitrogens with two attached hydrogens (primary N) is 1. The molecule has 1 aromatic rings. The number of carbonyl (C=O) groups is 1. The highest BCUT2D eigenvalue weighted by molar-refractivity contribution is 7.15. The fraction of sp³-hybridized carbons (Fsp3) is 0.500. The summed E-state index contributed by atoms with van der Waals surface area (Å²) in [6, 6.07) is -0.0308. The van der Waals surface area contributed by atoms with Gasteiger partial charge in [-0.1, -0.05) is 0 Å². The van der Waals surface area contributed by atoms with Gasteiger partial charge in [0.05, 0.1) is 0 Å². The van der Waals surface area contributed by atoms with Gasteiger partial charge in [0.2, 0.25) is 5.91 Å². The van der Waals surface area contributed by atoms with Crippen molar-refractivity contribution < 1.29 is 4.79 Å². The van der Waals surface area contributed by atoms with Crippen LogP contribution in [0.3, 0.4) is 0 Å². The molecule has 1 aromatic heterocycles. The summed E-state index contributed by atoms with van der Waals surface area (Å²) in [7, 11) is 0. The molecule has 0 saturated carbocycles. The van der Waals surface area contributed by atoms with Gasteiger partial charge in [-0.2, -0.15) is 0 Å². The number of aryl methyl sites for hydroxylation is 1. The number of aromatic nitrogens is 1. The Morgan fingerprint density at radius 1 is 1.77 bits per heavy atom. The van der Waals surface area contributed by atoms with Gasteiger partial charge in [0, 0.05) is 30.1 Å². The lowest BCUT2D eigenvalue weighted by Gasteiger charge is -2.10. The smallest absolute Gasteiger partial charge is 0.230 e. The number of rotatable bonds is 1. The Labute approximate surface area is 80.4 Å². The molecular formula is C8H11N3OS. The molecule has 1 fully saturated rings. The third-order valence-electron chi connectivity index (χ3n) is 1.99. The van der Waals surface area contributed by atoms with Gasteiger partial charge in [-0.15, -0.1) is 11.3 Å². The maximum atomic E-state index is 11.4. The van der Waals surface area contributed by atoms with E-state index < -0.39 is 0 Å². The Morgan fingerprint density at radius 3 is 3.00 bits per heavy atom. The molecule has 2 rings (SSSR count). The Bertz CT molecular complexity index is 336. The summed E-state index contributed by atoms with van der Waals surface area (Å²) in [6.07, 6.45) is 2.22. The molecule has 1 atom stereocenters. The maximum absolute atomic E-state index is 11.4. The van der Waals surface area contributed by atoms with Crippen molar-refractivity contribution in [3.8, 4) is 0 Å². The molecule has 1 saturated heterocycles. The topological polar surface area (TPSA) is 59.2 Å². The van der Waals surface area contributed by atoms with Crippen molar-refractivity contribution in [1.29, 1.82) is 0 Å². The average molecular weight is 197 g/mol. The number of hydrogen-bond acceptors (Lipinski definition) is 4. The second kappa shape index (κ2) is 3.08. The lowest BCUT2D eigenvalue weighted by Crippen LogP contribution is -2.27. The summed E-state index contributed by atoms with van der Waals surface area (Å²) in [4.78, 5) is 18.3. The van der Waals surface area contributed by atoms with Gasteiger partial charge in [0.25, 0.3) is 0 Å². The molecule has 13 heavy (non-hydrogen) atoms. The van der Waals surface area contributed by atoms with Crippen molar-refractivity contribution >= 4 is 22.4 Å². The summed E-state index contributed by atoms with van der Waals surface area (Å²) in [5.41, 5.74) is 5.67. The third kappa shape index (κ3) is 1.57. The van der Waals surface area contributed by atoms with Gasteiger partial charge in [-0.05, 0) is 6.92 Å². The fourth-order valence-electron chi connectivity index (χ4n) is 1.39. The third-order valence-corrected chi connectivity index (χ3v) is 2.93. The Balaban J connectivity index is 2.22. The first-order valence-corrected chi connectivity index (χ1v) is 4.97. The SMILES string of the molecule is Cc1cnc(N2CC(N)CC2=O)s1. The second-order valence-electron chi connectivity index (χ2n) is 3.22. The van der Waals surface area contributed by atoms with E-state index in [1.165, 1.54) is 11.3 Å². The average Bonchev–Trinajstić information content (AvgIpc) is 2.58. The molecule has 1 amide bonds. The zero-order chi connectivity index (χ0) is 9.42. The van der Waals surface area contributed by atoms with E-state index in [4.69, 9.17) is 5.73 Å². The van der Waals surface area contributed by atoms with Gasteiger partial charge in [-0.25, -0.2) is 4.98 Å². The van der Waals surface area contributed by atoms with Crippen LogP contribution in [0.15, 0.2) is 6.20 Å². The number of thiazole rings is 1. The monoisotopic (exact) mass is 197 g/mol. The van der Waals surface area contributed by atoms with Crippen LogP contribution < -0.4 is 10.6 Å². The van der Waals surface area contributed by atoms with Gasteiger partial charge >= 0.3 is 0 Å². The van der Waals surface area contributed by atoms with Crippen LogP contribution in [0.2, 0.25) is 0 Å². The summed E-state index contributed by atoms with van der Waals surface area (Å²) in [5.74, 6) is 0.0850. The Morgan fingerprint density at radius 2 is 2.54 bits per heavy atom. The summed E-state index contributed by atoms with van der Waals surface area (Å²) < 4.78 is 0. The quantitative estimate of drug-likeness (QED) is 0.714. The van der Waals surface area contributed by atoms with Crippen LogP contribution >= 0.6 is 11.3 Å². The number of amides is 1. The first kappa shape index (κ1) is 8.65. The Kier molecular flexibility index (Phi) is 2.05.